The molecule has 0 N–H and O–H groups in total. The van der Waals surface area contributed by atoms with E-state index in [0.29, 0.717) is 10.8 Å². The number of ketones is 2. The number of Topliss-reactive ketones (excluding diaryl/α,β-unsaturated/α-hetero) is 2. The lowest BCUT2D eigenvalue weighted by atomic mass is 9.75. The van der Waals surface area contributed by atoms with Crippen LogP contribution in [0.2, 0.25) is 0 Å². The van der Waals surface area contributed by atoms with Crippen LogP contribution in [0.5, 0.6) is 5.75 Å². The highest BCUT2D eigenvalue weighted by molar-refractivity contribution is 6.27. The summed E-state index contributed by atoms with van der Waals surface area (Å²) in [4.78, 5) is 49.2. The molecule has 142 valence electrons. The molecule has 28 heavy (non-hydrogen) atoms. The number of ether oxygens (including phenoxy) is 3. The minimum atomic E-state index is -0.932. The highest BCUT2D eigenvalue weighted by Crippen LogP contribution is 2.43. The molecule has 0 saturated heterocycles. The average Bonchev–Trinajstić information content (AvgIpc) is 2.65. The Morgan fingerprint density at radius 3 is 2.57 bits per heavy atom. The highest BCUT2D eigenvalue weighted by Gasteiger charge is 2.44. The van der Waals surface area contributed by atoms with Gasteiger partial charge in [0.2, 0.25) is 6.29 Å². The maximum Gasteiger partial charge on any atom is 0.308 e. The summed E-state index contributed by atoms with van der Waals surface area (Å²) in [5.74, 6) is -2.60. The maximum atomic E-state index is 13.2. The first kappa shape index (κ1) is 17.9. The molecule has 0 fully saturated rings. The molecular weight excluding hydrogens is 364 g/mol. The van der Waals surface area contributed by atoms with Crippen molar-refractivity contribution in [1.82, 2.24) is 0 Å². The van der Waals surface area contributed by atoms with Gasteiger partial charge in [0.05, 0.1) is 17.7 Å². The number of benzene rings is 2. The van der Waals surface area contributed by atoms with Crippen molar-refractivity contribution in [2.45, 2.75) is 26.6 Å². The summed E-state index contributed by atoms with van der Waals surface area (Å²) in [7, 11) is 0. The fourth-order valence-corrected chi connectivity index (χ4v) is 3.64. The SMILES string of the molecule is CC(=O)Oc1c2c(cc3ccccc13)C(=O)C1CC(OC(C)=O)OC=C1C2=O. The average molecular weight is 380 g/mol. The van der Waals surface area contributed by atoms with Gasteiger partial charge < -0.3 is 14.2 Å². The second-order valence-corrected chi connectivity index (χ2v) is 6.67. The Hall–Kier alpha value is -3.48. The van der Waals surface area contributed by atoms with E-state index in [0.717, 1.165) is 6.26 Å². The van der Waals surface area contributed by atoms with E-state index in [-0.39, 0.29) is 34.7 Å². The summed E-state index contributed by atoms with van der Waals surface area (Å²) < 4.78 is 15.7. The van der Waals surface area contributed by atoms with Gasteiger partial charge in [-0.05, 0) is 11.5 Å². The van der Waals surface area contributed by atoms with Crippen LogP contribution in [0.15, 0.2) is 42.2 Å². The van der Waals surface area contributed by atoms with Crippen LogP contribution in [0.4, 0.5) is 0 Å². The summed E-state index contributed by atoms with van der Waals surface area (Å²) in [6.07, 6.45) is 0.279. The molecule has 1 aliphatic heterocycles. The lowest BCUT2D eigenvalue weighted by molar-refractivity contribution is -0.170. The Morgan fingerprint density at radius 2 is 1.86 bits per heavy atom. The largest absolute Gasteiger partial charge is 0.462 e. The first-order valence-corrected chi connectivity index (χ1v) is 8.72. The molecule has 2 unspecified atom stereocenters. The molecule has 7 heteroatoms. The molecule has 4 rings (SSSR count). The fourth-order valence-electron chi connectivity index (χ4n) is 3.64. The van der Waals surface area contributed by atoms with Crippen molar-refractivity contribution in [3.63, 3.8) is 0 Å². The van der Waals surface area contributed by atoms with Gasteiger partial charge in [-0.25, -0.2) is 0 Å². The van der Waals surface area contributed by atoms with E-state index in [2.05, 4.69) is 0 Å². The molecule has 0 amide bonds. The van der Waals surface area contributed by atoms with Crippen molar-refractivity contribution in [2.75, 3.05) is 0 Å². The van der Waals surface area contributed by atoms with Gasteiger partial charge >= 0.3 is 11.9 Å². The number of rotatable bonds is 2. The Kier molecular flexibility index (Phi) is 4.22. The summed E-state index contributed by atoms with van der Waals surface area (Å²) in [5.41, 5.74) is 0.395. The van der Waals surface area contributed by atoms with Crippen molar-refractivity contribution in [2.24, 2.45) is 5.92 Å². The molecule has 0 aromatic heterocycles. The smallest absolute Gasteiger partial charge is 0.308 e. The highest BCUT2D eigenvalue weighted by atomic mass is 16.7. The third-order valence-corrected chi connectivity index (χ3v) is 4.77. The molecule has 2 aromatic carbocycles. The standard InChI is InChI=1S/C21H16O7/c1-10(22)27-17-8-14-16(9-26-17)20(25)18-15(19(14)24)7-12-5-3-4-6-13(12)21(18)28-11(2)23/h3-7,9,14,17H,8H2,1-2H3. The van der Waals surface area contributed by atoms with Crippen molar-refractivity contribution in [3.8, 4) is 5.75 Å². The Bertz CT molecular complexity index is 1080. The molecule has 0 spiro atoms. The van der Waals surface area contributed by atoms with Crippen LogP contribution >= 0.6 is 0 Å². The number of fused-ring (bicyclic) bond motifs is 3. The van der Waals surface area contributed by atoms with E-state index in [4.69, 9.17) is 14.2 Å². The predicted octanol–water partition coefficient (Wildman–Crippen LogP) is 2.95. The van der Waals surface area contributed by atoms with Crippen LogP contribution in [-0.2, 0) is 19.1 Å². The number of hydrogen-bond acceptors (Lipinski definition) is 7. The van der Waals surface area contributed by atoms with Gasteiger partial charge in [-0.15, -0.1) is 0 Å². The topological polar surface area (TPSA) is 96.0 Å². The molecular formula is C21H16O7. The molecule has 1 heterocycles. The molecule has 0 saturated carbocycles. The maximum absolute atomic E-state index is 13.2. The zero-order valence-electron chi connectivity index (χ0n) is 15.2. The van der Waals surface area contributed by atoms with Gasteiger partial charge in [0.15, 0.2) is 17.3 Å². The molecule has 0 bridgehead atoms. The van der Waals surface area contributed by atoms with Crippen LogP contribution in [0, 0.1) is 5.92 Å². The van der Waals surface area contributed by atoms with Crippen LogP contribution in [0.3, 0.4) is 0 Å². The van der Waals surface area contributed by atoms with E-state index in [9.17, 15) is 19.2 Å². The molecule has 1 aliphatic carbocycles. The molecule has 2 aliphatic rings. The summed E-state index contributed by atoms with van der Waals surface area (Å²) in [6.45, 7) is 2.47. The van der Waals surface area contributed by atoms with E-state index >= 15 is 0 Å². The Morgan fingerprint density at radius 1 is 1.11 bits per heavy atom. The summed E-state index contributed by atoms with van der Waals surface area (Å²) >= 11 is 0. The number of hydrogen-bond donors (Lipinski definition) is 0. The normalized spacial score (nSPS) is 20.6. The van der Waals surface area contributed by atoms with Gasteiger partial charge in [0.25, 0.3) is 0 Å². The van der Waals surface area contributed by atoms with Gasteiger partial charge in [-0.1, -0.05) is 24.3 Å². The second-order valence-electron chi connectivity index (χ2n) is 6.67. The molecule has 7 nitrogen and oxygen atoms in total. The number of esters is 2. The van der Waals surface area contributed by atoms with Crippen molar-refractivity contribution in [3.05, 3.63) is 53.3 Å². The van der Waals surface area contributed by atoms with Crippen LogP contribution in [0.25, 0.3) is 10.8 Å². The van der Waals surface area contributed by atoms with Crippen molar-refractivity contribution in [1.29, 1.82) is 0 Å². The minimum absolute atomic E-state index is 0.0468. The van der Waals surface area contributed by atoms with E-state index < -0.39 is 29.9 Å². The van der Waals surface area contributed by atoms with Crippen LogP contribution in [0.1, 0.15) is 41.0 Å². The predicted molar refractivity (Wildman–Crippen MR) is 96.7 cm³/mol. The first-order valence-electron chi connectivity index (χ1n) is 8.72. The van der Waals surface area contributed by atoms with Gasteiger partial charge in [-0.2, -0.15) is 0 Å². The Labute approximate surface area is 159 Å². The third-order valence-electron chi connectivity index (χ3n) is 4.77. The lowest BCUT2D eigenvalue weighted by Crippen LogP contribution is -2.37. The van der Waals surface area contributed by atoms with Gasteiger partial charge in [-0.3, -0.25) is 19.2 Å². The van der Waals surface area contributed by atoms with Crippen molar-refractivity contribution < 1.29 is 33.4 Å². The summed E-state index contributed by atoms with van der Waals surface area (Å²) in [6, 6.07) is 8.67. The number of carbonyl (C=O) groups excluding carboxylic acids is 4. The monoisotopic (exact) mass is 380 g/mol. The fraction of sp³-hybridized carbons (Fsp3) is 0.238. The number of allylic oxidation sites excluding steroid dienone is 1. The van der Waals surface area contributed by atoms with E-state index in [1.165, 1.54) is 13.8 Å². The zero-order chi connectivity index (χ0) is 20.0. The zero-order valence-corrected chi connectivity index (χ0v) is 15.2. The minimum Gasteiger partial charge on any atom is -0.462 e. The Balaban J connectivity index is 1.89. The molecule has 2 atom stereocenters. The summed E-state index contributed by atoms with van der Waals surface area (Å²) in [5, 5.41) is 1.24. The van der Waals surface area contributed by atoms with Gasteiger partial charge in [0, 0.05) is 36.8 Å². The molecule has 0 radical (unpaired) electrons. The third kappa shape index (κ3) is 2.85. The lowest BCUT2D eigenvalue weighted by Gasteiger charge is -2.32. The van der Waals surface area contributed by atoms with Crippen LogP contribution in [-0.4, -0.2) is 29.8 Å². The van der Waals surface area contributed by atoms with Crippen LogP contribution < -0.4 is 4.74 Å². The van der Waals surface area contributed by atoms with Gasteiger partial charge in [0.1, 0.15) is 0 Å². The molecule has 2 aromatic rings. The van der Waals surface area contributed by atoms with Crippen molar-refractivity contribution >= 4 is 34.3 Å². The quantitative estimate of drug-likeness (QED) is 0.584. The van der Waals surface area contributed by atoms with E-state index in [1.807, 2.05) is 0 Å². The number of carbonyl (C=O) groups is 4. The second kappa shape index (κ2) is 6.60. The van der Waals surface area contributed by atoms with E-state index in [1.54, 1.807) is 30.3 Å². The first-order chi connectivity index (χ1) is 13.4.